The maximum absolute atomic E-state index is 12.2. The molecule has 0 aromatic carbocycles. The van der Waals surface area contributed by atoms with Gasteiger partial charge in [0.2, 0.25) is 11.8 Å². The summed E-state index contributed by atoms with van der Waals surface area (Å²) in [5, 5.41) is 6.17. The predicted molar refractivity (Wildman–Crippen MR) is 99.5 cm³/mol. The quantitative estimate of drug-likeness (QED) is 0.847. The van der Waals surface area contributed by atoms with Gasteiger partial charge in [0, 0.05) is 44.1 Å². The lowest BCUT2D eigenvalue weighted by Gasteiger charge is -2.41. The van der Waals surface area contributed by atoms with E-state index in [0.717, 1.165) is 24.2 Å². The van der Waals surface area contributed by atoms with Crippen molar-refractivity contribution in [2.45, 2.75) is 39.3 Å². The minimum atomic E-state index is -0.414. The van der Waals surface area contributed by atoms with Crippen LogP contribution in [-0.4, -0.2) is 53.0 Å². The third-order valence-corrected chi connectivity index (χ3v) is 4.82. The first kappa shape index (κ1) is 18.5. The molecule has 1 amide bonds. The van der Waals surface area contributed by atoms with Crippen molar-refractivity contribution in [3.05, 3.63) is 36.1 Å². The summed E-state index contributed by atoms with van der Waals surface area (Å²) < 4.78 is 6.07. The second-order valence-electron chi connectivity index (χ2n) is 7.19. The number of piperazine rings is 1. The lowest BCUT2D eigenvalue weighted by atomic mass is 10.00. The van der Waals surface area contributed by atoms with Gasteiger partial charge in [-0.2, -0.15) is 0 Å². The molecule has 1 aliphatic rings. The van der Waals surface area contributed by atoms with Gasteiger partial charge in [-0.3, -0.25) is 14.7 Å². The summed E-state index contributed by atoms with van der Waals surface area (Å²) in [5.41, 5.74) is 1.58. The van der Waals surface area contributed by atoms with Crippen LogP contribution in [0.1, 0.15) is 32.2 Å². The number of amides is 1. The van der Waals surface area contributed by atoms with Crippen molar-refractivity contribution in [2.24, 2.45) is 0 Å². The summed E-state index contributed by atoms with van der Waals surface area (Å²) in [6.07, 6.45) is 5.34. The van der Waals surface area contributed by atoms with Crippen LogP contribution in [0.5, 0.6) is 0 Å². The van der Waals surface area contributed by atoms with Gasteiger partial charge in [0.15, 0.2) is 5.76 Å². The zero-order valence-electron chi connectivity index (χ0n) is 15.9. The largest absolute Gasteiger partial charge is 0.439 e. The Balaban J connectivity index is 1.78. The number of pyridine rings is 1. The second-order valence-corrected chi connectivity index (χ2v) is 7.19. The number of likely N-dealkylation sites (N-methyl/N-ethyl adjacent to an activating group) is 1. The summed E-state index contributed by atoms with van der Waals surface area (Å²) >= 11 is 0. The standard InChI is InChI=1S/C19H27N5O2/c1-5-21-17(25)15-12-24(7-6-22-15)19(3,4)18-23-11-16(26-18)14-8-13(2)9-20-10-14/h8-11,15,22H,5-7,12H2,1-4H3,(H,21,25). The summed E-state index contributed by atoms with van der Waals surface area (Å²) in [7, 11) is 0. The van der Waals surface area contributed by atoms with Gasteiger partial charge in [-0.15, -0.1) is 0 Å². The van der Waals surface area contributed by atoms with Crippen molar-refractivity contribution < 1.29 is 9.21 Å². The lowest BCUT2D eigenvalue weighted by molar-refractivity contribution is -0.124. The monoisotopic (exact) mass is 357 g/mol. The molecule has 0 aliphatic carbocycles. The number of aromatic nitrogens is 2. The number of nitrogens with zero attached hydrogens (tertiary/aromatic N) is 3. The van der Waals surface area contributed by atoms with Crippen LogP contribution >= 0.6 is 0 Å². The van der Waals surface area contributed by atoms with Crippen molar-refractivity contribution in [1.82, 2.24) is 25.5 Å². The minimum absolute atomic E-state index is 0.0342. The number of hydrogen-bond donors (Lipinski definition) is 2. The van der Waals surface area contributed by atoms with Crippen molar-refractivity contribution in [1.29, 1.82) is 0 Å². The average molecular weight is 357 g/mol. The first-order valence-corrected chi connectivity index (χ1v) is 9.06. The zero-order valence-corrected chi connectivity index (χ0v) is 15.9. The molecule has 3 heterocycles. The van der Waals surface area contributed by atoms with Crippen LogP contribution in [0.2, 0.25) is 0 Å². The minimum Gasteiger partial charge on any atom is -0.439 e. The number of nitrogens with one attached hydrogen (secondary N) is 2. The van der Waals surface area contributed by atoms with Gasteiger partial charge < -0.3 is 15.1 Å². The Hall–Kier alpha value is -2.25. The van der Waals surface area contributed by atoms with Gasteiger partial charge in [-0.1, -0.05) is 0 Å². The zero-order chi connectivity index (χ0) is 18.7. The van der Waals surface area contributed by atoms with Gasteiger partial charge >= 0.3 is 0 Å². The highest BCUT2D eigenvalue weighted by molar-refractivity contribution is 5.82. The molecule has 3 rings (SSSR count). The fourth-order valence-electron chi connectivity index (χ4n) is 3.25. The summed E-state index contributed by atoms with van der Waals surface area (Å²) in [6, 6.07) is 1.80. The normalized spacial score (nSPS) is 18.7. The molecule has 7 nitrogen and oxygen atoms in total. The molecule has 1 atom stereocenters. The van der Waals surface area contributed by atoms with Crippen molar-refractivity contribution >= 4 is 5.91 Å². The topological polar surface area (TPSA) is 83.3 Å². The molecule has 2 N–H and O–H groups in total. The van der Waals surface area contributed by atoms with E-state index >= 15 is 0 Å². The van der Waals surface area contributed by atoms with Crippen LogP contribution in [0.3, 0.4) is 0 Å². The van der Waals surface area contributed by atoms with E-state index in [1.165, 1.54) is 0 Å². The van der Waals surface area contributed by atoms with Gasteiger partial charge in [-0.25, -0.2) is 4.98 Å². The van der Waals surface area contributed by atoms with E-state index in [1.807, 2.05) is 26.1 Å². The molecule has 0 bridgehead atoms. The molecule has 0 radical (unpaired) electrons. The molecule has 0 saturated carbocycles. The van der Waals surface area contributed by atoms with Crippen molar-refractivity contribution in [3.8, 4) is 11.3 Å². The molecule has 0 spiro atoms. The van der Waals surface area contributed by atoms with Crippen LogP contribution in [0, 0.1) is 6.92 Å². The number of hydrogen-bond acceptors (Lipinski definition) is 6. The third kappa shape index (κ3) is 3.78. The van der Waals surface area contributed by atoms with Gasteiger partial charge in [-0.05, 0) is 39.3 Å². The van der Waals surface area contributed by atoms with Crippen molar-refractivity contribution in [2.75, 3.05) is 26.2 Å². The molecule has 1 fully saturated rings. The maximum atomic E-state index is 12.2. The highest BCUT2D eigenvalue weighted by Crippen LogP contribution is 2.31. The molecule has 2 aromatic heterocycles. The number of carbonyl (C=O) groups is 1. The van der Waals surface area contributed by atoms with E-state index in [2.05, 4.69) is 39.3 Å². The van der Waals surface area contributed by atoms with Crippen molar-refractivity contribution in [3.63, 3.8) is 0 Å². The second kappa shape index (κ2) is 7.55. The van der Waals surface area contributed by atoms with Gasteiger partial charge in [0.1, 0.15) is 0 Å². The molecule has 7 heteroatoms. The Morgan fingerprint density at radius 3 is 2.96 bits per heavy atom. The highest BCUT2D eigenvalue weighted by Gasteiger charge is 2.38. The van der Waals surface area contributed by atoms with Gasteiger partial charge in [0.05, 0.1) is 17.8 Å². The lowest BCUT2D eigenvalue weighted by Crippen LogP contribution is -2.60. The first-order valence-electron chi connectivity index (χ1n) is 9.06. The molecule has 1 unspecified atom stereocenters. The van der Waals surface area contributed by atoms with Gasteiger partial charge in [0.25, 0.3) is 0 Å². The summed E-state index contributed by atoms with van der Waals surface area (Å²) in [6.45, 7) is 10.9. The fraction of sp³-hybridized carbons (Fsp3) is 0.526. The molecule has 1 saturated heterocycles. The molecule has 140 valence electrons. The van der Waals surface area contributed by atoms with Crippen LogP contribution in [0.25, 0.3) is 11.3 Å². The van der Waals surface area contributed by atoms with E-state index < -0.39 is 5.54 Å². The van der Waals surface area contributed by atoms with E-state index in [9.17, 15) is 4.79 Å². The fourth-order valence-corrected chi connectivity index (χ4v) is 3.25. The average Bonchev–Trinajstić information content (AvgIpc) is 3.13. The van der Waals surface area contributed by atoms with E-state index in [0.29, 0.717) is 24.7 Å². The van der Waals surface area contributed by atoms with E-state index in [1.54, 1.807) is 12.4 Å². The number of carbonyl (C=O) groups excluding carboxylic acids is 1. The first-order chi connectivity index (χ1) is 12.4. The smallest absolute Gasteiger partial charge is 0.238 e. The summed E-state index contributed by atoms with van der Waals surface area (Å²) in [4.78, 5) is 23.2. The Morgan fingerprint density at radius 1 is 1.42 bits per heavy atom. The summed E-state index contributed by atoms with van der Waals surface area (Å²) in [5.74, 6) is 1.39. The molecule has 2 aromatic rings. The molecule has 1 aliphatic heterocycles. The highest BCUT2D eigenvalue weighted by atomic mass is 16.4. The SMILES string of the molecule is CCNC(=O)C1CN(C(C)(C)c2ncc(-c3cncc(C)c3)o2)CCN1. The third-order valence-electron chi connectivity index (χ3n) is 4.82. The number of oxazole rings is 1. The molecule has 26 heavy (non-hydrogen) atoms. The molecular weight excluding hydrogens is 330 g/mol. The maximum Gasteiger partial charge on any atom is 0.238 e. The Labute approximate surface area is 154 Å². The Morgan fingerprint density at radius 2 is 2.23 bits per heavy atom. The van der Waals surface area contributed by atoms with Crippen LogP contribution < -0.4 is 10.6 Å². The predicted octanol–water partition coefficient (Wildman–Crippen LogP) is 1.69. The van der Waals surface area contributed by atoms with Crippen LogP contribution in [-0.2, 0) is 10.3 Å². The molecular formula is C19H27N5O2. The van der Waals surface area contributed by atoms with E-state index in [4.69, 9.17) is 4.42 Å². The Kier molecular flexibility index (Phi) is 5.38. The van der Waals surface area contributed by atoms with Crippen LogP contribution in [0.4, 0.5) is 0 Å². The van der Waals surface area contributed by atoms with Crippen LogP contribution in [0.15, 0.2) is 29.1 Å². The number of aryl methyl sites for hydroxylation is 1. The van der Waals surface area contributed by atoms with E-state index in [-0.39, 0.29) is 11.9 Å². The number of rotatable bonds is 5. The Bertz CT molecular complexity index is 771.